The predicted molar refractivity (Wildman–Crippen MR) is 144 cm³/mol. The maximum absolute atomic E-state index is 14.0. The zero-order valence-corrected chi connectivity index (χ0v) is 22.3. The summed E-state index contributed by atoms with van der Waals surface area (Å²) in [5.74, 6) is -1.25. The Morgan fingerprint density at radius 3 is 2.61 bits per heavy atom. The lowest BCUT2D eigenvalue weighted by atomic mass is 9.97. The molecule has 4 aromatic rings. The minimum atomic E-state index is -5.14. The molecule has 41 heavy (non-hydrogen) atoms. The van der Waals surface area contributed by atoms with Crippen molar-refractivity contribution in [1.29, 1.82) is 0 Å². The van der Waals surface area contributed by atoms with Gasteiger partial charge in [0, 0.05) is 35.2 Å². The Labute approximate surface area is 233 Å². The zero-order valence-electron chi connectivity index (χ0n) is 22.3. The summed E-state index contributed by atoms with van der Waals surface area (Å²) in [6.07, 6.45) is -4.44. The summed E-state index contributed by atoms with van der Waals surface area (Å²) in [6.45, 7) is 1.98. The number of esters is 1. The van der Waals surface area contributed by atoms with Gasteiger partial charge >= 0.3 is 18.1 Å². The van der Waals surface area contributed by atoms with E-state index in [1.807, 2.05) is 41.8 Å². The number of ether oxygens (including phenoxy) is 3. The van der Waals surface area contributed by atoms with Gasteiger partial charge in [0.25, 0.3) is 0 Å². The fourth-order valence-corrected chi connectivity index (χ4v) is 5.63. The van der Waals surface area contributed by atoms with Crippen molar-refractivity contribution in [2.75, 3.05) is 25.2 Å². The number of aromatic nitrogens is 2. The molecular formula is C30H26F3N3O5. The number of halogens is 3. The molecule has 1 aromatic heterocycles. The first-order chi connectivity index (χ1) is 19.7. The molecule has 3 aromatic carbocycles. The van der Waals surface area contributed by atoms with Crippen LogP contribution in [-0.4, -0.2) is 47.9 Å². The molecule has 11 heteroatoms. The Balaban J connectivity index is 1.43. The van der Waals surface area contributed by atoms with Crippen LogP contribution in [0.4, 0.5) is 18.9 Å². The number of carbonyl (C=O) groups is 2. The maximum atomic E-state index is 14.0. The quantitative estimate of drug-likeness (QED) is 0.281. The highest BCUT2D eigenvalue weighted by Crippen LogP contribution is 2.46. The van der Waals surface area contributed by atoms with Crippen LogP contribution in [-0.2, 0) is 20.7 Å². The van der Waals surface area contributed by atoms with E-state index in [9.17, 15) is 22.8 Å². The molecule has 0 radical (unpaired) electrons. The van der Waals surface area contributed by atoms with Gasteiger partial charge in [-0.15, -0.1) is 0 Å². The van der Waals surface area contributed by atoms with Crippen LogP contribution in [0.15, 0.2) is 60.7 Å². The van der Waals surface area contributed by atoms with Crippen LogP contribution in [0.1, 0.15) is 42.3 Å². The fraction of sp³-hybridized carbons (Fsp3) is 0.300. The van der Waals surface area contributed by atoms with E-state index in [4.69, 9.17) is 19.2 Å². The number of hydrogen-bond acceptors (Lipinski definition) is 6. The third kappa shape index (κ3) is 4.55. The van der Waals surface area contributed by atoms with Crippen molar-refractivity contribution in [3.63, 3.8) is 0 Å². The Hall–Kier alpha value is -4.54. The van der Waals surface area contributed by atoms with Gasteiger partial charge in [0.1, 0.15) is 23.9 Å². The van der Waals surface area contributed by atoms with Gasteiger partial charge in [0.15, 0.2) is 0 Å². The molecule has 8 nitrogen and oxygen atoms in total. The number of fused-ring (bicyclic) bond motifs is 3. The van der Waals surface area contributed by atoms with Crippen LogP contribution in [0.3, 0.4) is 0 Å². The second-order valence-corrected chi connectivity index (χ2v) is 9.91. The third-order valence-electron chi connectivity index (χ3n) is 7.53. The first-order valence-corrected chi connectivity index (χ1v) is 13.2. The average Bonchev–Trinajstić information content (AvgIpc) is 3.68. The van der Waals surface area contributed by atoms with E-state index < -0.39 is 24.1 Å². The predicted octanol–water partition coefficient (Wildman–Crippen LogP) is 5.66. The number of rotatable bonds is 6. The van der Waals surface area contributed by atoms with E-state index in [1.165, 1.54) is 19.2 Å². The summed E-state index contributed by atoms with van der Waals surface area (Å²) in [4.78, 5) is 30.2. The number of methoxy groups -OCH3 is 1. The SMILES string of the molecule is CCc1nc2ccccc2n1-c1cccc2c1OC[C@@H]2N(C(=O)C(F)(F)F)c1ccc2c(c1)OC[C@H]2CC(=O)OC. The molecule has 0 saturated carbocycles. The summed E-state index contributed by atoms with van der Waals surface area (Å²) in [7, 11) is 1.29. The van der Waals surface area contributed by atoms with Gasteiger partial charge in [0.2, 0.25) is 0 Å². The van der Waals surface area contributed by atoms with E-state index in [2.05, 4.69) is 0 Å². The lowest BCUT2D eigenvalue weighted by molar-refractivity contribution is -0.171. The number of hydrogen-bond donors (Lipinski definition) is 0. The fourth-order valence-electron chi connectivity index (χ4n) is 5.63. The second-order valence-electron chi connectivity index (χ2n) is 9.91. The summed E-state index contributed by atoms with van der Waals surface area (Å²) < 4.78 is 60.4. The molecule has 0 N–H and O–H groups in total. The van der Waals surface area contributed by atoms with Gasteiger partial charge in [-0.25, -0.2) is 4.98 Å². The molecular weight excluding hydrogens is 539 g/mol. The zero-order chi connectivity index (χ0) is 28.9. The Morgan fingerprint density at radius 1 is 1.05 bits per heavy atom. The standard InChI is InChI=1S/C30H26F3N3O5/c1-3-26-34-21-8-4-5-9-22(21)36(26)23-10-6-7-20-24(16-41-28(20)23)35(29(38)30(31,32)33)18-11-12-19-17(13-27(37)39-2)15-40-25(19)14-18/h4-12,14,17,24H,3,13,15-16H2,1-2H3/t17-,24+/m1/s1. The molecule has 0 fully saturated rings. The number of nitrogens with zero attached hydrogens (tertiary/aromatic N) is 3. The van der Waals surface area contributed by atoms with Crippen LogP contribution in [0.5, 0.6) is 11.5 Å². The molecule has 1 amide bonds. The van der Waals surface area contributed by atoms with Crippen molar-refractivity contribution in [3.05, 3.63) is 77.6 Å². The number of amides is 1. The first kappa shape index (κ1) is 26.7. The van der Waals surface area contributed by atoms with Crippen molar-refractivity contribution >= 4 is 28.6 Å². The molecule has 2 aliphatic rings. The molecule has 2 aliphatic heterocycles. The van der Waals surface area contributed by atoms with E-state index in [-0.39, 0.29) is 31.2 Å². The summed E-state index contributed by atoms with van der Waals surface area (Å²) >= 11 is 0. The largest absolute Gasteiger partial charge is 0.493 e. The summed E-state index contributed by atoms with van der Waals surface area (Å²) in [6, 6.07) is 16.2. The maximum Gasteiger partial charge on any atom is 0.471 e. The van der Waals surface area contributed by atoms with Gasteiger partial charge < -0.3 is 14.2 Å². The van der Waals surface area contributed by atoms with Crippen molar-refractivity contribution < 1.29 is 37.0 Å². The minimum absolute atomic E-state index is 0.0129. The van der Waals surface area contributed by atoms with Crippen LogP contribution in [0, 0.1) is 0 Å². The summed E-state index contributed by atoms with van der Waals surface area (Å²) in [5.41, 5.74) is 3.39. The molecule has 0 unspecified atom stereocenters. The van der Waals surface area contributed by atoms with E-state index in [0.29, 0.717) is 34.7 Å². The van der Waals surface area contributed by atoms with Gasteiger partial charge in [-0.05, 0) is 24.3 Å². The smallest absolute Gasteiger partial charge is 0.471 e. The van der Waals surface area contributed by atoms with Crippen LogP contribution in [0.25, 0.3) is 16.7 Å². The molecule has 0 spiro atoms. The topological polar surface area (TPSA) is 82.9 Å². The third-order valence-corrected chi connectivity index (χ3v) is 7.53. The highest BCUT2D eigenvalue weighted by Gasteiger charge is 2.48. The van der Waals surface area contributed by atoms with Crippen molar-refractivity contribution in [3.8, 4) is 17.2 Å². The van der Waals surface area contributed by atoms with Gasteiger partial charge in [-0.3, -0.25) is 19.1 Å². The molecule has 3 heterocycles. The van der Waals surface area contributed by atoms with Crippen molar-refractivity contribution in [2.45, 2.75) is 37.9 Å². The summed E-state index contributed by atoms with van der Waals surface area (Å²) in [5, 5.41) is 0. The lowest BCUT2D eigenvalue weighted by Crippen LogP contribution is -2.44. The molecule has 6 rings (SSSR count). The van der Waals surface area contributed by atoms with E-state index in [0.717, 1.165) is 21.8 Å². The van der Waals surface area contributed by atoms with E-state index in [1.54, 1.807) is 18.2 Å². The monoisotopic (exact) mass is 565 g/mol. The Bertz CT molecular complexity index is 1670. The van der Waals surface area contributed by atoms with Crippen LogP contribution >= 0.6 is 0 Å². The van der Waals surface area contributed by atoms with Crippen LogP contribution in [0.2, 0.25) is 0 Å². The molecule has 2 atom stereocenters. The Kier molecular flexibility index (Phi) is 6.59. The number of carbonyl (C=O) groups excluding carboxylic acids is 2. The number of para-hydroxylation sites is 3. The number of aryl methyl sites for hydroxylation is 1. The lowest BCUT2D eigenvalue weighted by Gasteiger charge is -2.29. The number of imidazole rings is 1. The minimum Gasteiger partial charge on any atom is -0.493 e. The highest BCUT2D eigenvalue weighted by molar-refractivity contribution is 5.98. The average molecular weight is 566 g/mol. The second kappa shape index (κ2) is 10.1. The highest BCUT2D eigenvalue weighted by atomic mass is 19.4. The molecule has 0 saturated heterocycles. The van der Waals surface area contributed by atoms with E-state index >= 15 is 0 Å². The number of alkyl halides is 3. The normalized spacial score (nSPS) is 17.5. The number of anilines is 1. The molecule has 0 aliphatic carbocycles. The molecule has 212 valence electrons. The van der Waals surface area contributed by atoms with Gasteiger partial charge in [-0.1, -0.05) is 37.3 Å². The van der Waals surface area contributed by atoms with Gasteiger partial charge in [0.05, 0.1) is 42.9 Å². The van der Waals surface area contributed by atoms with Gasteiger partial charge in [-0.2, -0.15) is 13.2 Å². The Morgan fingerprint density at radius 2 is 1.85 bits per heavy atom. The number of benzene rings is 3. The van der Waals surface area contributed by atoms with Crippen LogP contribution < -0.4 is 14.4 Å². The first-order valence-electron chi connectivity index (χ1n) is 13.2. The molecule has 0 bridgehead atoms. The van der Waals surface area contributed by atoms with Crippen molar-refractivity contribution in [2.24, 2.45) is 0 Å². The van der Waals surface area contributed by atoms with Crippen molar-refractivity contribution in [1.82, 2.24) is 9.55 Å².